The first-order valence-electron chi connectivity index (χ1n) is 7.85. The molecule has 1 rings (SSSR count). The van der Waals surface area contributed by atoms with Gasteiger partial charge in [-0.15, -0.1) is 0 Å². The third-order valence-corrected chi connectivity index (χ3v) is 3.99. The molecule has 0 heterocycles. The van der Waals surface area contributed by atoms with Crippen LogP contribution in [-0.2, 0) is 0 Å². The molecule has 1 unspecified atom stereocenters. The average Bonchev–Trinajstić information content (AvgIpc) is 2.48. The largest absolute Gasteiger partial charge is 0.369 e. The van der Waals surface area contributed by atoms with Gasteiger partial charge in [-0.1, -0.05) is 56.3 Å². The second-order valence-corrected chi connectivity index (χ2v) is 6.14. The van der Waals surface area contributed by atoms with Gasteiger partial charge in [-0.3, -0.25) is 0 Å². The van der Waals surface area contributed by atoms with E-state index in [0.29, 0.717) is 15.7 Å². The average molecular weight is 358 g/mol. The first-order valence-corrected chi connectivity index (χ1v) is 8.61. The maximum atomic E-state index is 5.95. The first kappa shape index (κ1) is 19.6. The molecular weight excluding hydrogens is 333 g/mol. The highest BCUT2D eigenvalue weighted by Crippen LogP contribution is 2.24. The molecule has 0 saturated heterocycles. The van der Waals surface area contributed by atoms with Crippen LogP contribution in [-0.4, -0.2) is 18.0 Å². The van der Waals surface area contributed by atoms with E-state index in [4.69, 9.17) is 34.7 Å². The summed E-state index contributed by atoms with van der Waals surface area (Å²) in [6.45, 7) is 4.29. The minimum atomic E-state index is 0.162. The van der Waals surface area contributed by atoms with Crippen molar-refractivity contribution in [3.05, 3.63) is 28.2 Å². The second kappa shape index (κ2) is 10.3. The Bertz CT molecular complexity index is 557. The number of hydrogen-bond donors (Lipinski definition) is 3. The number of nitrogens with one attached hydrogen (secondary N) is 1. The topological polar surface area (TPSA) is 88.8 Å². The molecule has 0 fully saturated rings. The summed E-state index contributed by atoms with van der Waals surface area (Å²) in [6, 6.07) is 5.30. The molecule has 0 aliphatic heterocycles. The van der Waals surface area contributed by atoms with Crippen LogP contribution < -0.4 is 16.8 Å². The molecule has 5 nitrogen and oxygen atoms in total. The molecule has 0 aliphatic rings. The van der Waals surface area contributed by atoms with Gasteiger partial charge in [-0.25, -0.2) is 4.99 Å². The molecule has 0 radical (unpaired) electrons. The maximum Gasteiger partial charge on any atom is 0.218 e. The second-order valence-electron chi connectivity index (χ2n) is 5.32. The summed E-state index contributed by atoms with van der Waals surface area (Å²) in [5.41, 5.74) is 12.4. The van der Waals surface area contributed by atoms with Crippen molar-refractivity contribution in [3.63, 3.8) is 0 Å². The van der Waals surface area contributed by atoms with Crippen LogP contribution in [0.1, 0.15) is 46.0 Å². The molecule has 0 aliphatic carbocycles. The molecule has 0 aromatic heterocycles. The molecule has 1 atom stereocenters. The molecule has 1 aromatic carbocycles. The summed E-state index contributed by atoms with van der Waals surface area (Å²) in [6.07, 6.45) is 5.34. The summed E-state index contributed by atoms with van der Waals surface area (Å²) < 4.78 is 0. The molecule has 1 aromatic rings. The number of aliphatic imine (C=N–C) groups is 2. The Labute approximate surface area is 148 Å². The van der Waals surface area contributed by atoms with Gasteiger partial charge in [-0.2, -0.15) is 4.99 Å². The number of unbranched alkanes of at least 4 members (excludes halogenated alkanes) is 1. The third kappa shape index (κ3) is 7.57. The molecule has 0 spiro atoms. The van der Waals surface area contributed by atoms with Crippen LogP contribution in [0.5, 0.6) is 0 Å². The summed E-state index contributed by atoms with van der Waals surface area (Å²) in [7, 11) is 0. The monoisotopic (exact) mass is 357 g/mol. The zero-order valence-corrected chi connectivity index (χ0v) is 15.2. The number of guanidine groups is 2. The van der Waals surface area contributed by atoms with E-state index in [1.807, 2.05) is 0 Å². The van der Waals surface area contributed by atoms with Crippen LogP contribution in [0.15, 0.2) is 28.2 Å². The number of nitrogens with zero attached hydrogens (tertiary/aromatic N) is 2. The molecular formula is C16H25Cl2N5. The van der Waals surface area contributed by atoms with Crippen LogP contribution in [0.4, 0.5) is 5.69 Å². The fraction of sp³-hybridized carbons (Fsp3) is 0.500. The van der Waals surface area contributed by atoms with Crippen LogP contribution in [0.2, 0.25) is 10.0 Å². The van der Waals surface area contributed by atoms with Crippen molar-refractivity contribution in [1.29, 1.82) is 0 Å². The summed E-state index contributed by atoms with van der Waals surface area (Å²) in [5, 5.41) is 3.83. The quantitative estimate of drug-likeness (QED) is 0.499. The summed E-state index contributed by atoms with van der Waals surface area (Å²) >= 11 is 11.8. The zero-order chi connectivity index (χ0) is 17.2. The molecule has 0 bridgehead atoms. The van der Waals surface area contributed by atoms with Gasteiger partial charge in [0.1, 0.15) is 0 Å². The number of benzene rings is 1. The van der Waals surface area contributed by atoms with Gasteiger partial charge < -0.3 is 16.8 Å². The maximum absolute atomic E-state index is 5.95. The van der Waals surface area contributed by atoms with Gasteiger partial charge in [-0.05, 0) is 31.0 Å². The minimum Gasteiger partial charge on any atom is -0.369 e. The lowest BCUT2D eigenvalue weighted by molar-refractivity contribution is 0.536. The molecule has 0 amide bonds. The van der Waals surface area contributed by atoms with Crippen molar-refractivity contribution < 1.29 is 0 Å². The van der Waals surface area contributed by atoms with Gasteiger partial charge in [0.15, 0.2) is 0 Å². The van der Waals surface area contributed by atoms with E-state index in [1.54, 1.807) is 18.2 Å². The van der Waals surface area contributed by atoms with Crippen LogP contribution in [0.3, 0.4) is 0 Å². The third-order valence-electron chi connectivity index (χ3n) is 3.25. The predicted octanol–water partition coefficient (Wildman–Crippen LogP) is 4.39. The van der Waals surface area contributed by atoms with Gasteiger partial charge >= 0.3 is 0 Å². The van der Waals surface area contributed by atoms with Crippen molar-refractivity contribution >= 4 is 40.8 Å². The van der Waals surface area contributed by atoms with Gasteiger partial charge in [0.25, 0.3) is 0 Å². The number of anilines is 1. The number of hydrogen-bond acceptors (Lipinski definition) is 1. The number of rotatable bonds is 7. The zero-order valence-electron chi connectivity index (χ0n) is 13.6. The van der Waals surface area contributed by atoms with Crippen molar-refractivity contribution in [2.45, 2.75) is 52.0 Å². The van der Waals surface area contributed by atoms with E-state index >= 15 is 0 Å². The SMILES string of the molecule is CCCCC(CCC)N=C(N)N=C(N)Nc1ccc(Cl)c(Cl)c1. The first-order chi connectivity index (χ1) is 11.0. The highest BCUT2D eigenvalue weighted by atomic mass is 35.5. The number of nitrogens with two attached hydrogens (primary N) is 2. The highest BCUT2D eigenvalue weighted by molar-refractivity contribution is 6.42. The minimum absolute atomic E-state index is 0.162. The van der Waals surface area contributed by atoms with Gasteiger partial charge in [0.2, 0.25) is 11.9 Å². The Morgan fingerprint density at radius 2 is 1.87 bits per heavy atom. The van der Waals surface area contributed by atoms with E-state index in [9.17, 15) is 0 Å². The van der Waals surface area contributed by atoms with Crippen molar-refractivity contribution in [2.75, 3.05) is 5.32 Å². The molecule has 128 valence electrons. The fourth-order valence-corrected chi connectivity index (χ4v) is 2.43. The Balaban J connectivity index is 2.73. The van der Waals surface area contributed by atoms with Crippen LogP contribution in [0.25, 0.3) is 0 Å². The van der Waals surface area contributed by atoms with E-state index in [2.05, 4.69) is 29.1 Å². The smallest absolute Gasteiger partial charge is 0.218 e. The lowest BCUT2D eigenvalue weighted by atomic mass is 10.1. The lowest BCUT2D eigenvalue weighted by Gasteiger charge is -2.11. The fourth-order valence-electron chi connectivity index (χ4n) is 2.14. The Kier molecular flexibility index (Phi) is 8.81. The molecule has 0 saturated carbocycles. The van der Waals surface area contributed by atoms with Crippen molar-refractivity contribution in [2.24, 2.45) is 21.5 Å². The Hall–Kier alpha value is -1.46. The Morgan fingerprint density at radius 3 is 2.48 bits per heavy atom. The van der Waals surface area contributed by atoms with Crippen molar-refractivity contribution in [3.8, 4) is 0 Å². The van der Waals surface area contributed by atoms with Crippen LogP contribution >= 0.6 is 23.2 Å². The highest BCUT2D eigenvalue weighted by Gasteiger charge is 2.06. The van der Waals surface area contributed by atoms with Gasteiger partial charge in [0.05, 0.1) is 16.1 Å². The van der Waals surface area contributed by atoms with Gasteiger partial charge in [0, 0.05) is 5.69 Å². The lowest BCUT2D eigenvalue weighted by Crippen LogP contribution is -2.27. The van der Waals surface area contributed by atoms with E-state index in [0.717, 1.165) is 32.1 Å². The van der Waals surface area contributed by atoms with Crippen LogP contribution in [0, 0.1) is 0 Å². The predicted molar refractivity (Wildman–Crippen MR) is 102 cm³/mol. The van der Waals surface area contributed by atoms with Crippen molar-refractivity contribution in [1.82, 2.24) is 0 Å². The summed E-state index contributed by atoms with van der Waals surface area (Å²) in [5.74, 6) is 0.347. The van der Waals surface area contributed by atoms with E-state index < -0.39 is 0 Å². The van der Waals surface area contributed by atoms with E-state index in [1.165, 1.54) is 0 Å². The normalized spacial score (nSPS) is 13.9. The Morgan fingerprint density at radius 1 is 1.13 bits per heavy atom. The molecule has 23 heavy (non-hydrogen) atoms. The summed E-state index contributed by atoms with van der Waals surface area (Å²) in [4.78, 5) is 8.55. The van der Waals surface area contributed by atoms with E-state index in [-0.39, 0.29) is 18.0 Å². The molecule has 5 N–H and O–H groups in total. The number of halogens is 2. The standard InChI is InChI=1S/C16H25Cl2N5/c1-3-5-7-11(6-4-2)21-15(19)23-16(20)22-12-8-9-13(17)14(18)10-12/h8-11H,3-7H2,1-2H3,(H5,19,20,21,22,23). The molecule has 7 heteroatoms.